The lowest BCUT2D eigenvalue weighted by Gasteiger charge is -2.26. The molecule has 49 heavy (non-hydrogen) atoms. The van der Waals surface area contributed by atoms with Gasteiger partial charge in [0, 0.05) is 52.0 Å². The molecule has 0 saturated carbocycles. The van der Waals surface area contributed by atoms with Crippen LogP contribution in [-0.2, 0) is 0 Å². The average Bonchev–Trinajstić information content (AvgIpc) is 3.76. The molecule has 5 aromatic carbocycles. The third-order valence-corrected chi connectivity index (χ3v) is 8.58. The SMILES string of the molecule is c1ccc(N(c2ccccc2)c2cc(-c3nc4cccnc4n3-c3ccccc3)cc(-c3nc4cccnc4n3-c3ccccc3)c2)cc1. The number of hydrogen-bond donors (Lipinski definition) is 0. The van der Waals surface area contributed by atoms with Crippen molar-refractivity contribution in [3.8, 4) is 34.2 Å². The molecule has 0 aliphatic rings. The Hall–Kier alpha value is -6.86. The first-order valence-corrected chi connectivity index (χ1v) is 16.2. The molecule has 0 aliphatic carbocycles. The minimum Gasteiger partial charge on any atom is -0.310 e. The predicted molar refractivity (Wildman–Crippen MR) is 197 cm³/mol. The fourth-order valence-electron chi connectivity index (χ4n) is 6.46. The summed E-state index contributed by atoms with van der Waals surface area (Å²) in [5.41, 5.74) is 10.1. The van der Waals surface area contributed by atoms with Crippen molar-refractivity contribution in [3.63, 3.8) is 0 Å². The number of rotatable bonds is 7. The number of pyridine rings is 2. The van der Waals surface area contributed by atoms with E-state index in [4.69, 9.17) is 19.9 Å². The highest BCUT2D eigenvalue weighted by Gasteiger charge is 2.22. The summed E-state index contributed by atoms with van der Waals surface area (Å²) in [6.07, 6.45) is 3.63. The molecule has 0 radical (unpaired) electrons. The molecule has 0 spiro atoms. The third kappa shape index (κ3) is 5.10. The third-order valence-electron chi connectivity index (χ3n) is 8.58. The van der Waals surface area contributed by atoms with Crippen LogP contribution >= 0.6 is 0 Å². The number of imidazole rings is 2. The second kappa shape index (κ2) is 12.1. The van der Waals surface area contributed by atoms with Crippen molar-refractivity contribution in [2.45, 2.75) is 0 Å². The minimum atomic E-state index is 0.782. The van der Waals surface area contributed by atoms with Crippen LogP contribution < -0.4 is 4.90 Å². The Morgan fingerprint density at radius 1 is 0.388 bits per heavy atom. The Kier molecular flexibility index (Phi) is 6.98. The number of para-hydroxylation sites is 4. The van der Waals surface area contributed by atoms with Crippen molar-refractivity contribution < 1.29 is 0 Å². The maximum absolute atomic E-state index is 5.21. The fraction of sp³-hybridized carbons (Fsp3) is 0. The lowest BCUT2D eigenvalue weighted by atomic mass is 10.1. The molecule has 0 amide bonds. The molecule has 4 aromatic heterocycles. The van der Waals surface area contributed by atoms with Crippen LogP contribution in [-0.4, -0.2) is 29.1 Å². The maximum Gasteiger partial charge on any atom is 0.164 e. The molecule has 232 valence electrons. The number of benzene rings is 5. The molecule has 0 saturated heterocycles. The van der Waals surface area contributed by atoms with E-state index in [2.05, 4.69) is 105 Å². The molecule has 0 bridgehead atoms. The minimum absolute atomic E-state index is 0.782. The molecule has 0 N–H and O–H groups in total. The van der Waals surface area contributed by atoms with Gasteiger partial charge < -0.3 is 4.90 Å². The second-order valence-corrected chi connectivity index (χ2v) is 11.7. The standard InChI is InChI=1S/C42H29N7/c1-5-15-32(16-6-1)47(33-17-7-2-8-18-33)36-28-30(39-45-37-23-13-25-43-41(37)48(39)34-19-9-3-10-20-34)27-31(29-36)40-46-38-24-14-26-44-42(38)49(40)35-21-11-4-12-22-35/h1-29H. The zero-order valence-corrected chi connectivity index (χ0v) is 26.4. The molecule has 7 heteroatoms. The van der Waals surface area contributed by atoms with E-state index in [9.17, 15) is 0 Å². The van der Waals surface area contributed by atoms with Crippen LogP contribution in [0.3, 0.4) is 0 Å². The van der Waals surface area contributed by atoms with Crippen LogP contribution in [0.4, 0.5) is 17.1 Å². The van der Waals surface area contributed by atoms with E-state index >= 15 is 0 Å². The van der Waals surface area contributed by atoms with Crippen LogP contribution in [0, 0.1) is 0 Å². The molecule has 0 fully saturated rings. The van der Waals surface area contributed by atoms with E-state index in [1.807, 2.05) is 85.2 Å². The van der Waals surface area contributed by atoms with Gasteiger partial charge in [-0.2, -0.15) is 0 Å². The van der Waals surface area contributed by atoms with E-state index < -0.39 is 0 Å². The molecule has 7 nitrogen and oxygen atoms in total. The summed E-state index contributed by atoms with van der Waals surface area (Å²) in [5.74, 6) is 1.56. The molecule has 0 aliphatic heterocycles. The Morgan fingerprint density at radius 2 is 0.796 bits per heavy atom. The summed E-state index contributed by atoms with van der Waals surface area (Å²) >= 11 is 0. The molecule has 0 unspecified atom stereocenters. The molecule has 9 aromatic rings. The zero-order valence-electron chi connectivity index (χ0n) is 26.4. The summed E-state index contributed by atoms with van der Waals surface area (Å²) in [6, 6.07) is 55.9. The van der Waals surface area contributed by atoms with Crippen molar-refractivity contribution >= 4 is 39.4 Å². The van der Waals surface area contributed by atoms with Gasteiger partial charge in [0.2, 0.25) is 0 Å². The first-order valence-electron chi connectivity index (χ1n) is 16.2. The second-order valence-electron chi connectivity index (χ2n) is 11.7. The lowest BCUT2D eigenvalue weighted by Crippen LogP contribution is -2.10. The van der Waals surface area contributed by atoms with Crippen molar-refractivity contribution in [1.82, 2.24) is 29.1 Å². The van der Waals surface area contributed by atoms with Gasteiger partial charge in [-0.3, -0.25) is 9.13 Å². The number of nitrogens with zero attached hydrogens (tertiary/aromatic N) is 7. The van der Waals surface area contributed by atoms with Gasteiger partial charge in [-0.05, 0) is 91.0 Å². The first-order chi connectivity index (χ1) is 24.3. The first kappa shape index (κ1) is 28.4. The van der Waals surface area contributed by atoms with Crippen LogP contribution in [0.1, 0.15) is 0 Å². The summed E-state index contributed by atoms with van der Waals surface area (Å²) in [7, 11) is 0. The molecular weight excluding hydrogens is 603 g/mol. The quantitative estimate of drug-likeness (QED) is 0.175. The molecule has 0 atom stereocenters. The Balaban J connectivity index is 1.37. The van der Waals surface area contributed by atoms with Gasteiger partial charge in [0.15, 0.2) is 11.3 Å². The largest absolute Gasteiger partial charge is 0.310 e. The van der Waals surface area contributed by atoms with Gasteiger partial charge in [-0.15, -0.1) is 0 Å². The highest BCUT2D eigenvalue weighted by molar-refractivity contribution is 5.88. The van der Waals surface area contributed by atoms with Crippen LogP contribution in [0.5, 0.6) is 0 Å². The van der Waals surface area contributed by atoms with Crippen molar-refractivity contribution in [2.75, 3.05) is 4.90 Å². The summed E-state index contributed by atoms with van der Waals surface area (Å²) < 4.78 is 4.27. The maximum atomic E-state index is 5.21. The summed E-state index contributed by atoms with van der Waals surface area (Å²) in [6.45, 7) is 0. The highest BCUT2D eigenvalue weighted by Crippen LogP contribution is 2.41. The number of anilines is 3. The summed E-state index contributed by atoms with van der Waals surface area (Å²) in [5, 5.41) is 0. The number of fused-ring (bicyclic) bond motifs is 2. The topological polar surface area (TPSA) is 64.7 Å². The van der Waals surface area contributed by atoms with Gasteiger partial charge in [0.1, 0.15) is 22.7 Å². The van der Waals surface area contributed by atoms with Crippen molar-refractivity contribution in [3.05, 3.63) is 176 Å². The van der Waals surface area contributed by atoms with Gasteiger partial charge in [-0.25, -0.2) is 19.9 Å². The van der Waals surface area contributed by atoms with Gasteiger partial charge in [0.25, 0.3) is 0 Å². The smallest absolute Gasteiger partial charge is 0.164 e. The molecule has 9 rings (SSSR count). The molecule has 4 heterocycles. The van der Waals surface area contributed by atoms with Gasteiger partial charge >= 0.3 is 0 Å². The van der Waals surface area contributed by atoms with E-state index in [0.717, 1.165) is 73.5 Å². The Bertz CT molecular complexity index is 2370. The lowest BCUT2D eigenvalue weighted by molar-refractivity contribution is 1.07. The van der Waals surface area contributed by atoms with Gasteiger partial charge in [-0.1, -0.05) is 72.8 Å². The van der Waals surface area contributed by atoms with E-state index in [-0.39, 0.29) is 0 Å². The highest BCUT2D eigenvalue weighted by atomic mass is 15.2. The molecular formula is C42H29N7. The van der Waals surface area contributed by atoms with E-state index in [1.54, 1.807) is 0 Å². The van der Waals surface area contributed by atoms with Gasteiger partial charge in [0.05, 0.1) is 0 Å². The fourth-order valence-corrected chi connectivity index (χ4v) is 6.46. The zero-order chi connectivity index (χ0) is 32.6. The predicted octanol–water partition coefficient (Wildman–Crippen LogP) is 9.96. The number of hydrogen-bond acceptors (Lipinski definition) is 5. The Morgan fingerprint density at radius 3 is 1.22 bits per heavy atom. The van der Waals surface area contributed by atoms with Crippen LogP contribution in [0.15, 0.2) is 176 Å². The average molecular weight is 632 g/mol. The normalized spacial score (nSPS) is 11.3. The van der Waals surface area contributed by atoms with E-state index in [0.29, 0.717) is 0 Å². The van der Waals surface area contributed by atoms with Crippen LogP contribution in [0.2, 0.25) is 0 Å². The Labute approximate surface area is 283 Å². The monoisotopic (exact) mass is 631 g/mol. The van der Waals surface area contributed by atoms with Crippen molar-refractivity contribution in [1.29, 1.82) is 0 Å². The summed E-state index contributed by atoms with van der Waals surface area (Å²) in [4.78, 5) is 22.3. The van der Waals surface area contributed by atoms with Crippen molar-refractivity contribution in [2.24, 2.45) is 0 Å². The van der Waals surface area contributed by atoms with Crippen LogP contribution in [0.25, 0.3) is 56.5 Å². The van der Waals surface area contributed by atoms with E-state index in [1.165, 1.54) is 0 Å². The number of aromatic nitrogens is 6.